The minimum atomic E-state index is -0.0516. The molecule has 5 nitrogen and oxygen atoms in total. The Hall–Kier alpha value is -3.38. The molecule has 0 saturated carbocycles. The van der Waals surface area contributed by atoms with Crippen molar-refractivity contribution in [2.75, 3.05) is 7.11 Å². The number of thiophene rings is 1. The highest BCUT2D eigenvalue weighted by atomic mass is 32.1. The van der Waals surface area contributed by atoms with E-state index in [1.807, 2.05) is 40.7 Å². The van der Waals surface area contributed by atoms with E-state index in [1.165, 1.54) is 16.9 Å². The predicted octanol–water partition coefficient (Wildman–Crippen LogP) is 4.66. The Morgan fingerprint density at radius 1 is 1.14 bits per heavy atom. The molecule has 0 radical (unpaired) electrons. The number of imidazole rings is 1. The van der Waals surface area contributed by atoms with Crippen molar-refractivity contribution in [1.29, 1.82) is 0 Å². The van der Waals surface area contributed by atoms with Crippen LogP contribution in [0.5, 0.6) is 5.75 Å². The molecule has 5 rings (SSSR count). The number of methoxy groups -OCH3 is 1. The van der Waals surface area contributed by atoms with Crippen LogP contribution >= 0.6 is 11.3 Å². The van der Waals surface area contributed by atoms with Crippen LogP contribution in [-0.2, 0) is 6.54 Å². The Morgan fingerprint density at radius 2 is 2.00 bits per heavy atom. The number of aromatic nitrogens is 3. The van der Waals surface area contributed by atoms with E-state index in [2.05, 4.69) is 34.2 Å². The molecule has 5 aromatic rings. The zero-order chi connectivity index (χ0) is 19.1. The average molecular weight is 387 g/mol. The van der Waals surface area contributed by atoms with Crippen molar-refractivity contribution in [2.24, 2.45) is 0 Å². The van der Waals surface area contributed by atoms with E-state index in [9.17, 15) is 4.79 Å². The largest absolute Gasteiger partial charge is 0.496 e. The summed E-state index contributed by atoms with van der Waals surface area (Å²) in [5.74, 6) is 0.786. The number of fused-ring (bicyclic) bond motifs is 3. The van der Waals surface area contributed by atoms with Crippen LogP contribution in [0.25, 0.3) is 32.1 Å². The van der Waals surface area contributed by atoms with Crippen LogP contribution in [0.3, 0.4) is 0 Å². The Morgan fingerprint density at radius 3 is 2.75 bits per heavy atom. The summed E-state index contributed by atoms with van der Waals surface area (Å²) in [6, 6.07) is 14.3. The Balaban J connectivity index is 1.71. The number of nitrogens with zero attached hydrogens (tertiary/aromatic N) is 2. The van der Waals surface area contributed by atoms with Gasteiger partial charge in [0.25, 0.3) is 5.56 Å². The fourth-order valence-electron chi connectivity index (χ4n) is 3.65. The molecule has 28 heavy (non-hydrogen) atoms. The maximum atomic E-state index is 12.4. The number of aromatic amines is 1. The van der Waals surface area contributed by atoms with Gasteiger partial charge in [-0.05, 0) is 34.7 Å². The summed E-state index contributed by atoms with van der Waals surface area (Å²) in [7, 11) is 1.68. The van der Waals surface area contributed by atoms with Crippen molar-refractivity contribution < 1.29 is 4.74 Å². The molecule has 3 aromatic heterocycles. The molecule has 0 saturated heterocycles. The maximum absolute atomic E-state index is 12.4. The summed E-state index contributed by atoms with van der Waals surface area (Å²) in [5, 5.41) is 3.93. The lowest BCUT2D eigenvalue weighted by Crippen LogP contribution is -2.05. The van der Waals surface area contributed by atoms with Crippen LogP contribution < -0.4 is 10.3 Å². The van der Waals surface area contributed by atoms with Gasteiger partial charge in [0.05, 0.1) is 13.4 Å². The first-order valence-corrected chi connectivity index (χ1v) is 9.78. The summed E-state index contributed by atoms with van der Waals surface area (Å²) in [4.78, 5) is 19.5. The molecule has 2 aromatic carbocycles. The van der Waals surface area contributed by atoms with Gasteiger partial charge < -0.3 is 14.3 Å². The smallest absolute Gasteiger partial charge is 0.266 e. The normalized spacial score (nSPS) is 11.3. The van der Waals surface area contributed by atoms with Gasteiger partial charge in [0.15, 0.2) is 0 Å². The lowest BCUT2D eigenvalue weighted by molar-refractivity contribution is 0.417. The summed E-state index contributed by atoms with van der Waals surface area (Å²) >= 11 is 1.46. The number of ether oxygens (including phenoxy) is 1. The molecular formula is C22H17N3O2S. The SMILES string of the molecule is COc1ccc2[nH]c(=O)c3sccc3c2c1-c1ccc(Cn2ccnc2)cc1. The molecule has 0 aliphatic rings. The molecule has 0 fully saturated rings. The number of H-pyrrole nitrogens is 1. The second kappa shape index (κ2) is 6.65. The van der Waals surface area contributed by atoms with Gasteiger partial charge in [0.2, 0.25) is 0 Å². The van der Waals surface area contributed by atoms with Crippen molar-refractivity contribution in [3.63, 3.8) is 0 Å². The van der Waals surface area contributed by atoms with Crippen molar-refractivity contribution in [3.05, 3.63) is 82.5 Å². The first-order chi connectivity index (χ1) is 13.7. The fraction of sp³-hybridized carbons (Fsp3) is 0.0909. The summed E-state index contributed by atoms with van der Waals surface area (Å²) in [5.41, 5.74) is 4.00. The van der Waals surface area contributed by atoms with Crippen LogP contribution in [0.4, 0.5) is 0 Å². The second-order valence-corrected chi connectivity index (χ2v) is 7.53. The zero-order valence-corrected chi connectivity index (χ0v) is 16.0. The van der Waals surface area contributed by atoms with Gasteiger partial charge in [-0.15, -0.1) is 11.3 Å². The molecular weight excluding hydrogens is 370 g/mol. The zero-order valence-electron chi connectivity index (χ0n) is 15.2. The molecule has 0 unspecified atom stereocenters. The van der Waals surface area contributed by atoms with Gasteiger partial charge in [0.1, 0.15) is 10.4 Å². The van der Waals surface area contributed by atoms with E-state index in [4.69, 9.17) is 4.74 Å². The van der Waals surface area contributed by atoms with Crippen molar-refractivity contribution in [3.8, 4) is 16.9 Å². The number of hydrogen-bond donors (Lipinski definition) is 1. The molecule has 3 heterocycles. The third kappa shape index (κ3) is 2.70. The number of hydrogen-bond acceptors (Lipinski definition) is 4. The number of pyridine rings is 1. The first-order valence-electron chi connectivity index (χ1n) is 8.90. The molecule has 0 aliphatic carbocycles. The number of nitrogens with one attached hydrogen (secondary N) is 1. The molecule has 0 atom stereocenters. The second-order valence-electron chi connectivity index (χ2n) is 6.61. The van der Waals surface area contributed by atoms with Crippen molar-refractivity contribution in [1.82, 2.24) is 14.5 Å². The lowest BCUT2D eigenvalue weighted by atomic mass is 9.96. The van der Waals surface area contributed by atoms with Crippen LogP contribution in [0, 0.1) is 0 Å². The van der Waals surface area contributed by atoms with E-state index in [0.717, 1.165) is 44.4 Å². The minimum Gasteiger partial charge on any atom is -0.496 e. The van der Waals surface area contributed by atoms with Gasteiger partial charge in [-0.3, -0.25) is 4.79 Å². The lowest BCUT2D eigenvalue weighted by Gasteiger charge is -2.14. The molecule has 0 bridgehead atoms. The quantitative estimate of drug-likeness (QED) is 0.488. The maximum Gasteiger partial charge on any atom is 0.266 e. The van der Waals surface area contributed by atoms with Crippen LogP contribution in [0.15, 0.2) is 71.4 Å². The van der Waals surface area contributed by atoms with Gasteiger partial charge in [0, 0.05) is 40.8 Å². The Bertz CT molecular complexity index is 1330. The summed E-state index contributed by atoms with van der Waals surface area (Å²) < 4.78 is 8.45. The topological polar surface area (TPSA) is 59.9 Å². The number of rotatable bonds is 4. The molecule has 0 aliphatic heterocycles. The van der Waals surface area contributed by atoms with Gasteiger partial charge in [-0.25, -0.2) is 4.98 Å². The molecule has 0 spiro atoms. The highest BCUT2D eigenvalue weighted by molar-refractivity contribution is 7.17. The van der Waals surface area contributed by atoms with Crippen LogP contribution in [-0.4, -0.2) is 21.6 Å². The molecule has 1 N–H and O–H groups in total. The highest BCUT2D eigenvalue weighted by Gasteiger charge is 2.16. The fourth-order valence-corrected chi connectivity index (χ4v) is 4.45. The van der Waals surface area contributed by atoms with Crippen molar-refractivity contribution >= 4 is 32.3 Å². The average Bonchev–Trinajstić information content (AvgIpc) is 3.40. The van der Waals surface area contributed by atoms with Crippen LogP contribution in [0.2, 0.25) is 0 Å². The monoisotopic (exact) mass is 387 g/mol. The minimum absolute atomic E-state index is 0.0516. The van der Waals surface area contributed by atoms with Gasteiger partial charge in [-0.1, -0.05) is 24.3 Å². The molecule has 138 valence electrons. The Kier molecular flexibility index (Phi) is 3.98. The summed E-state index contributed by atoms with van der Waals surface area (Å²) in [6.07, 6.45) is 5.54. The number of benzene rings is 2. The van der Waals surface area contributed by atoms with Crippen molar-refractivity contribution in [2.45, 2.75) is 6.54 Å². The third-order valence-corrected chi connectivity index (χ3v) is 5.86. The third-order valence-electron chi connectivity index (χ3n) is 4.94. The standard InChI is InChI=1S/C22H17N3O2S/c1-27-18-7-6-17-20(16-8-11-28-21(16)22(26)24-17)19(18)15-4-2-14(3-5-15)12-25-10-9-23-13-25/h2-11,13H,12H2,1H3,(H,24,26). The first kappa shape index (κ1) is 16.8. The molecule has 6 heteroatoms. The van der Waals surface area contributed by atoms with Gasteiger partial charge >= 0.3 is 0 Å². The Labute approximate surface area is 164 Å². The highest BCUT2D eigenvalue weighted by Crippen LogP contribution is 2.40. The van der Waals surface area contributed by atoms with Gasteiger partial charge in [-0.2, -0.15) is 0 Å². The van der Waals surface area contributed by atoms with E-state index in [-0.39, 0.29) is 5.56 Å². The molecule has 0 amide bonds. The van der Waals surface area contributed by atoms with E-state index < -0.39 is 0 Å². The predicted molar refractivity (Wildman–Crippen MR) is 113 cm³/mol. The van der Waals surface area contributed by atoms with E-state index in [1.54, 1.807) is 13.3 Å². The van der Waals surface area contributed by atoms with Crippen LogP contribution in [0.1, 0.15) is 5.56 Å². The summed E-state index contributed by atoms with van der Waals surface area (Å²) in [6.45, 7) is 0.773. The van der Waals surface area contributed by atoms with E-state index in [0.29, 0.717) is 0 Å². The van der Waals surface area contributed by atoms with E-state index >= 15 is 0 Å².